The Balaban J connectivity index is 1.98. The summed E-state index contributed by atoms with van der Waals surface area (Å²) in [5, 5.41) is 0. The van der Waals surface area contributed by atoms with E-state index in [9.17, 15) is 0 Å². The van der Waals surface area contributed by atoms with E-state index in [1.165, 1.54) is 39.6 Å². The van der Waals surface area contributed by atoms with Crippen LogP contribution in [0.25, 0.3) is 0 Å². The second-order valence-corrected chi connectivity index (χ2v) is 6.98. The second-order valence-electron chi connectivity index (χ2n) is 5.25. The standard InChI is InChI=1S/C14H21P/c1-14(2)8-3-5-12(7-9-14)11-13-6-4-10-15-13/h3,5,7-9,13,15H,4,6,10-11H2,1-2H3. The molecule has 0 spiro atoms. The van der Waals surface area contributed by atoms with Crippen LogP contribution < -0.4 is 0 Å². The number of allylic oxidation sites excluding steroid dienone is 6. The molecule has 1 aliphatic heterocycles. The first kappa shape index (κ1) is 11.1. The molecule has 2 unspecified atom stereocenters. The van der Waals surface area contributed by atoms with E-state index < -0.39 is 0 Å². The number of hydrogen-bond donors (Lipinski definition) is 0. The third kappa shape index (κ3) is 3.31. The van der Waals surface area contributed by atoms with Crippen LogP contribution in [0.15, 0.2) is 36.0 Å². The number of rotatable bonds is 2. The number of hydrogen-bond acceptors (Lipinski definition) is 0. The summed E-state index contributed by atoms with van der Waals surface area (Å²) in [6.07, 6.45) is 17.2. The van der Waals surface area contributed by atoms with Gasteiger partial charge >= 0.3 is 0 Å². The van der Waals surface area contributed by atoms with Crippen molar-refractivity contribution in [1.29, 1.82) is 0 Å². The lowest BCUT2D eigenvalue weighted by Crippen LogP contribution is -2.01. The highest BCUT2D eigenvalue weighted by atomic mass is 31.1. The summed E-state index contributed by atoms with van der Waals surface area (Å²) in [7, 11) is 1.21. The molecule has 0 saturated carbocycles. The van der Waals surface area contributed by atoms with Crippen molar-refractivity contribution in [2.75, 3.05) is 6.16 Å². The van der Waals surface area contributed by atoms with E-state index >= 15 is 0 Å². The lowest BCUT2D eigenvalue weighted by Gasteiger charge is -2.13. The molecule has 2 rings (SSSR count). The molecule has 1 aliphatic carbocycles. The average molecular weight is 220 g/mol. The lowest BCUT2D eigenvalue weighted by molar-refractivity contribution is 0.626. The molecule has 0 radical (unpaired) electrons. The first-order valence-corrected chi connectivity index (χ1v) is 7.25. The fourth-order valence-corrected chi connectivity index (χ4v) is 3.81. The molecule has 2 aliphatic rings. The second kappa shape index (κ2) is 4.66. The SMILES string of the molecule is CC1(C)C=CC=C(CC2CCCP2)C=C1. The minimum atomic E-state index is 0.232. The zero-order chi connectivity index (χ0) is 10.7. The van der Waals surface area contributed by atoms with Crippen molar-refractivity contribution < 1.29 is 0 Å². The van der Waals surface area contributed by atoms with Crippen LogP contribution in [-0.2, 0) is 0 Å². The minimum absolute atomic E-state index is 0.232. The molecule has 0 bridgehead atoms. The maximum Gasteiger partial charge on any atom is 0.00107 e. The topological polar surface area (TPSA) is 0 Å². The molecule has 1 saturated heterocycles. The molecular weight excluding hydrogens is 199 g/mol. The van der Waals surface area contributed by atoms with E-state index in [-0.39, 0.29) is 5.41 Å². The fraction of sp³-hybridized carbons (Fsp3) is 0.571. The van der Waals surface area contributed by atoms with Crippen molar-refractivity contribution in [3.8, 4) is 0 Å². The smallest absolute Gasteiger partial charge is 0.00107 e. The predicted molar refractivity (Wildman–Crippen MR) is 71.0 cm³/mol. The van der Waals surface area contributed by atoms with Crippen LogP contribution in [0.2, 0.25) is 0 Å². The summed E-state index contributed by atoms with van der Waals surface area (Å²) in [5.74, 6) is 0. The normalized spacial score (nSPS) is 30.5. The Morgan fingerprint density at radius 3 is 3.00 bits per heavy atom. The zero-order valence-corrected chi connectivity index (χ0v) is 10.8. The molecule has 2 atom stereocenters. The molecule has 0 N–H and O–H groups in total. The monoisotopic (exact) mass is 220 g/mol. The third-order valence-electron chi connectivity index (χ3n) is 3.21. The summed E-state index contributed by atoms with van der Waals surface area (Å²) in [6, 6.07) is 0. The molecule has 0 aromatic carbocycles. The largest absolute Gasteiger partial charge is 0.119 e. The first-order valence-electron chi connectivity index (χ1n) is 5.97. The Labute approximate surface area is 95.3 Å². The van der Waals surface area contributed by atoms with Gasteiger partial charge in [0, 0.05) is 5.41 Å². The Kier molecular flexibility index (Phi) is 3.46. The third-order valence-corrected chi connectivity index (χ3v) is 4.92. The molecule has 1 fully saturated rings. The molecular formula is C14H21P. The van der Waals surface area contributed by atoms with Gasteiger partial charge in [0.15, 0.2) is 0 Å². The summed E-state index contributed by atoms with van der Waals surface area (Å²) in [6.45, 7) is 4.52. The van der Waals surface area contributed by atoms with E-state index in [0.717, 1.165) is 5.66 Å². The van der Waals surface area contributed by atoms with E-state index in [1.54, 1.807) is 0 Å². The molecule has 0 amide bonds. The molecule has 1 heterocycles. The summed E-state index contributed by atoms with van der Waals surface area (Å²) < 4.78 is 0. The van der Waals surface area contributed by atoms with Gasteiger partial charge in [-0.25, -0.2) is 0 Å². The van der Waals surface area contributed by atoms with Crippen LogP contribution in [0, 0.1) is 5.41 Å². The predicted octanol–water partition coefficient (Wildman–Crippen LogP) is 4.30. The fourth-order valence-electron chi connectivity index (χ4n) is 2.20. The molecule has 0 aromatic heterocycles. The van der Waals surface area contributed by atoms with Gasteiger partial charge in [-0.3, -0.25) is 0 Å². The van der Waals surface area contributed by atoms with E-state index in [0.29, 0.717) is 0 Å². The highest BCUT2D eigenvalue weighted by molar-refractivity contribution is 7.39. The van der Waals surface area contributed by atoms with Gasteiger partial charge in [-0.2, -0.15) is 0 Å². The maximum atomic E-state index is 2.34. The zero-order valence-electron chi connectivity index (χ0n) is 9.79. The molecule has 15 heavy (non-hydrogen) atoms. The van der Waals surface area contributed by atoms with Crippen molar-refractivity contribution in [3.63, 3.8) is 0 Å². The quantitative estimate of drug-likeness (QED) is 0.609. The molecule has 1 heteroatoms. The van der Waals surface area contributed by atoms with Crippen LogP contribution in [0.3, 0.4) is 0 Å². The highest BCUT2D eigenvalue weighted by Crippen LogP contribution is 2.37. The van der Waals surface area contributed by atoms with Crippen LogP contribution in [-0.4, -0.2) is 11.8 Å². The van der Waals surface area contributed by atoms with E-state index in [4.69, 9.17) is 0 Å². The first-order chi connectivity index (χ1) is 7.16. The van der Waals surface area contributed by atoms with Crippen molar-refractivity contribution >= 4 is 8.58 Å². The molecule has 82 valence electrons. The molecule has 0 aromatic rings. The average Bonchev–Trinajstić information content (AvgIpc) is 2.60. The minimum Gasteiger partial charge on any atom is -0.119 e. The van der Waals surface area contributed by atoms with Crippen LogP contribution >= 0.6 is 8.58 Å². The van der Waals surface area contributed by atoms with Gasteiger partial charge < -0.3 is 0 Å². The van der Waals surface area contributed by atoms with Crippen LogP contribution in [0.1, 0.15) is 33.1 Å². The van der Waals surface area contributed by atoms with Gasteiger partial charge in [0.25, 0.3) is 0 Å². The Bertz CT molecular complexity index is 301. The Morgan fingerprint density at radius 2 is 2.27 bits per heavy atom. The van der Waals surface area contributed by atoms with Gasteiger partial charge in [0.05, 0.1) is 0 Å². The van der Waals surface area contributed by atoms with Crippen LogP contribution in [0.4, 0.5) is 0 Å². The van der Waals surface area contributed by atoms with Crippen molar-refractivity contribution in [2.45, 2.75) is 38.8 Å². The van der Waals surface area contributed by atoms with Gasteiger partial charge in [0.2, 0.25) is 0 Å². The van der Waals surface area contributed by atoms with Crippen molar-refractivity contribution in [2.24, 2.45) is 5.41 Å². The van der Waals surface area contributed by atoms with Gasteiger partial charge in [-0.05, 0) is 36.7 Å². The van der Waals surface area contributed by atoms with Crippen molar-refractivity contribution in [1.82, 2.24) is 0 Å². The Morgan fingerprint density at radius 1 is 1.40 bits per heavy atom. The van der Waals surface area contributed by atoms with Crippen LogP contribution in [0.5, 0.6) is 0 Å². The Hall–Kier alpha value is -0.350. The van der Waals surface area contributed by atoms with Crippen molar-refractivity contribution in [3.05, 3.63) is 36.0 Å². The van der Waals surface area contributed by atoms with Gasteiger partial charge in [-0.15, -0.1) is 8.58 Å². The summed E-state index contributed by atoms with van der Waals surface area (Å²) in [5.41, 5.74) is 2.74. The van der Waals surface area contributed by atoms with Gasteiger partial charge in [0.1, 0.15) is 0 Å². The highest BCUT2D eigenvalue weighted by Gasteiger charge is 2.16. The lowest BCUT2D eigenvalue weighted by atomic mass is 9.93. The van der Waals surface area contributed by atoms with E-state index in [2.05, 4.69) is 44.2 Å². The van der Waals surface area contributed by atoms with E-state index in [1.807, 2.05) is 0 Å². The molecule has 0 nitrogen and oxygen atoms in total. The summed E-state index contributed by atoms with van der Waals surface area (Å²) in [4.78, 5) is 0. The summed E-state index contributed by atoms with van der Waals surface area (Å²) >= 11 is 0. The van der Waals surface area contributed by atoms with Gasteiger partial charge in [-0.1, -0.05) is 44.2 Å². The maximum absolute atomic E-state index is 2.34.